The largest absolute Gasteiger partial charge is 0.398 e. The van der Waals surface area contributed by atoms with Gasteiger partial charge in [0.2, 0.25) is 0 Å². The average molecular weight is 300 g/mol. The molecular formula is C16H23F3Si. The van der Waals surface area contributed by atoms with Crippen LogP contribution in [0.15, 0.2) is 12.2 Å². The number of alkyl halides is 3. The molecule has 4 heteroatoms. The molecule has 4 rings (SSSR count). The zero-order chi connectivity index (χ0) is 14.6. The van der Waals surface area contributed by atoms with Crippen LogP contribution in [0.5, 0.6) is 0 Å². The summed E-state index contributed by atoms with van der Waals surface area (Å²) in [6, 6.07) is 0.856. The Balaban J connectivity index is 1.81. The molecule has 112 valence electrons. The fraction of sp³-hybridized carbons (Fsp3) is 0.875. The highest BCUT2D eigenvalue weighted by atomic mass is 28.3. The third kappa shape index (κ3) is 1.22. The van der Waals surface area contributed by atoms with Crippen LogP contribution < -0.4 is 0 Å². The molecule has 20 heavy (non-hydrogen) atoms. The average Bonchev–Trinajstić information content (AvgIpc) is 2.62. The van der Waals surface area contributed by atoms with Crippen molar-refractivity contribution in [2.75, 3.05) is 0 Å². The Morgan fingerprint density at radius 2 is 1.80 bits per heavy atom. The minimum atomic E-state index is -4.05. The summed E-state index contributed by atoms with van der Waals surface area (Å²) in [7, 11) is -1.51. The monoisotopic (exact) mass is 300 g/mol. The molecule has 3 saturated carbocycles. The van der Waals surface area contributed by atoms with E-state index < -0.39 is 25.1 Å². The van der Waals surface area contributed by atoms with Crippen LogP contribution in [-0.4, -0.2) is 14.3 Å². The van der Waals surface area contributed by atoms with E-state index in [-0.39, 0.29) is 11.8 Å². The Hall–Kier alpha value is -0.253. The lowest BCUT2D eigenvalue weighted by atomic mass is 9.79. The lowest BCUT2D eigenvalue weighted by Gasteiger charge is -2.33. The van der Waals surface area contributed by atoms with Crippen molar-refractivity contribution in [1.82, 2.24) is 0 Å². The van der Waals surface area contributed by atoms with Gasteiger partial charge in [-0.15, -0.1) is 0 Å². The summed E-state index contributed by atoms with van der Waals surface area (Å²) >= 11 is 0. The van der Waals surface area contributed by atoms with Crippen molar-refractivity contribution < 1.29 is 13.2 Å². The van der Waals surface area contributed by atoms with Crippen LogP contribution in [0.1, 0.15) is 19.3 Å². The van der Waals surface area contributed by atoms with Crippen molar-refractivity contribution in [2.45, 2.75) is 51.1 Å². The van der Waals surface area contributed by atoms with Crippen LogP contribution in [0.2, 0.25) is 25.7 Å². The third-order valence-corrected chi connectivity index (χ3v) is 8.35. The van der Waals surface area contributed by atoms with Crippen LogP contribution in [0.25, 0.3) is 0 Å². The highest BCUT2D eigenvalue weighted by Gasteiger charge is 2.93. The number of halogens is 3. The maximum Gasteiger partial charge on any atom is 0.398 e. The van der Waals surface area contributed by atoms with Gasteiger partial charge in [-0.25, -0.2) is 0 Å². The first-order valence-electron chi connectivity index (χ1n) is 7.91. The van der Waals surface area contributed by atoms with Gasteiger partial charge in [0.05, 0.1) is 5.41 Å². The highest BCUT2D eigenvalue weighted by Crippen LogP contribution is 2.92. The van der Waals surface area contributed by atoms with Gasteiger partial charge in [0.1, 0.15) is 0 Å². The molecule has 0 nitrogen and oxygen atoms in total. The van der Waals surface area contributed by atoms with E-state index in [4.69, 9.17) is 0 Å². The maximum atomic E-state index is 13.9. The number of allylic oxidation sites excluding steroid dienone is 2. The predicted molar refractivity (Wildman–Crippen MR) is 76.0 cm³/mol. The summed E-state index contributed by atoms with van der Waals surface area (Å²) in [5, 5.41) is 0. The summed E-state index contributed by atoms with van der Waals surface area (Å²) in [4.78, 5) is 0. The number of hydrogen-bond acceptors (Lipinski definition) is 0. The number of hydrogen-bond donors (Lipinski definition) is 0. The normalized spacial score (nSPS) is 52.3. The first-order valence-corrected chi connectivity index (χ1v) is 11.6. The van der Waals surface area contributed by atoms with Gasteiger partial charge in [0.25, 0.3) is 0 Å². The second-order valence-electron chi connectivity index (χ2n) is 8.77. The molecule has 0 amide bonds. The van der Waals surface area contributed by atoms with Crippen molar-refractivity contribution >= 4 is 8.07 Å². The Labute approximate surface area is 119 Å². The second kappa shape index (κ2) is 3.39. The summed E-state index contributed by atoms with van der Waals surface area (Å²) in [6.07, 6.45) is 2.88. The Morgan fingerprint density at radius 3 is 2.40 bits per heavy atom. The Bertz CT molecular complexity index is 489. The molecular weight excluding hydrogens is 277 g/mol. The van der Waals surface area contributed by atoms with Gasteiger partial charge in [-0.3, -0.25) is 0 Å². The van der Waals surface area contributed by atoms with Gasteiger partial charge in [0, 0.05) is 8.07 Å². The predicted octanol–water partition coefficient (Wildman–Crippen LogP) is 5.11. The van der Waals surface area contributed by atoms with Gasteiger partial charge in [0.15, 0.2) is 0 Å². The molecule has 0 aromatic heterocycles. The number of rotatable bonds is 2. The maximum absolute atomic E-state index is 13.9. The zero-order valence-corrected chi connectivity index (χ0v) is 13.4. The quantitative estimate of drug-likeness (QED) is 0.491. The summed E-state index contributed by atoms with van der Waals surface area (Å²) < 4.78 is 41.7. The van der Waals surface area contributed by atoms with Crippen LogP contribution in [0, 0.1) is 34.5 Å². The van der Waals surface area contributed by atoms with Gasteiger partial charge < -0.3 is 0 Å². The summed E-state index contributed by atoms with van der Waals surface area (Å²) in [6.45, 7) is 6.69. The molecule has 0 aromatic carbocycles. The Morgan fingerprint density at radius 1 is 1.15 bits per heavy atom. The lowest BCUT2D eigenvalue weighted by Crippen LogP contribution is -2.37. The molecule has 0 heterocycles. The fourth-order valence-electron chi connectivity index (χ4n) is 6.69. The molecule has 0 spiro atoms. The Kier molecular flexibility index (Phi) is 2.27. The minimum absolute atomic E-state index is 0.0794. The first-order chi connectivity index (χ1) is 9.15. The molecule has 0 saturated heterocycles. The minimum Gasteiger partial charge on any atom is -0.170 e. The topological polar surface area (TPSA) is 0 Å². The molecule has 3 fully saturated rings. The highest BCUT2D eigenvalue weighted by molar-refractivity contribution is 6.76. The summed E-state index contributed by atoms with van der Waals surface area (Å²) in [5.74, 6) is 1.07. The smallest absolute Gasteiger partial charge is 0.170 e. The van der Waals surface area contributed by atoms with Crippen LogP contribution >= 0.6 is 0 Å². The van der Waals surface area contributed by atoms with Crippen molar-refractivity contribution in [2.24, 2.45) is 34.5 Å². The van der Waals surface area contributed by atoms with E-state index in [1.54, 1.807) is 6.08 Å². The summed E-state index contributed by atoms with van der Waals surface area (Å²) in [5.41, 5.74) is -1.86. The fourth-order valence-corrected chi connectivity index (χ4v) is 9.20. The zero-order valence-electron chi connectivity index (χ0n) is 12.4. The number of fused-ring (bicyclic) bond motifs is 4. The van der Waals surface area contributed by atoms with Crippen molar-refractivity contribution in [3.8, 4) is 0 Å². The lowest BCUT2D eigenvalue weighted by molar-refractivity contribution is -0.189. The first kappa shape index (κ1) is 13.4. The van der Waals surface area contributed by atoms with E-state index in [0.717, 1.165) is 25.3 Å². The van der Waals surface area contributed by atoms with Crippen molar-refractivity contribution in [3.05, 3.63) is 12.2 Å². The molecule has 0 radical (unpaired) electrons. The molecule has 0 aromatic rings. The molecule has 4 aliphatic carbocycles. The van der Waals surface area contributed by atoms with Gasteiger partial charge in [-0.1, -0.05) is 38.2 Å². The molecule has 1 unspecified atom stereocenters. The van der Waals surface area contributed by atoms with E-state index in [9.17, 15) is 13.2 Å². The second-order valence-corrected chi connectivity index (χ2v) is 14.2. The van der Waals surface area contributed by atoms with E-state index >= 15 is 0 Å². The molecule has 0 bridgehead atoms. The standard InChI is InChI=1S/C16H23F3Si/c1-20(2,3)9-14-12-7-8-15(14,16(17,18)19)13(14)11-6-4-5-10(11)12/h7-8,10-13H,4-6,9H2,1-3H3/t10-,11+,12?,13+,14-,15-/m0/s1. The molecule has 0 N–H and O–H groups in total. The molecule has 4 aliphatic rings. The van der Waals surface area contributed by atoms with E-state index in [0.29, 0.717) is 11.8 Å². The molecule has 6 atom stereocenters. The van der Waals surface area contributed by atoms with Crippen molar-refractivity contribution in [3.63, 3.8) is 0 Å². The van der Waals surface area contributed by atoms with Gasteiger partial charge in [-0.2, -0.15) is 13.2 Å². The van der Waals surface area contributed by atoms with Crippen LogP contribution in [0.3, 0.4) is 0 Å². The van der Waals surface area contributed by atoms with Crippen molar-refractivity contribution in [1.29, 1.82) is 0 Å². The van der Waals surface area contributed by atoms with E-state index in [2.05, 4.69) is 19.6 Å². The third-order valence-electron chi connectivity index (χ3n) is 6.70. The molecule has 0 aliphatic heterocycles. The SMILES string of the molecule is C[Si](C)(C)C[C@@]12C3C=C[C@]1(C(F)(F)F)[C@@H]2[C@@H]1CCC[C@H]31. The van der Waals surface area contributed by atoms with Gasteiger partial charge >= 0.3 is 6.18 Å². The van der Waals surface area contributed by atoms with E-state index in [1.807, 2.05) is 6.08 Å². The van der Waals surface area contributed by atoms with E-state index in [1.165, 1.54) is 0 Å². The van der Waals surface area contributed by atoms with Crippen LogP contribution in [-0.2, 0) is 0 Å². The van der Waals surface area contributed by atoms with Crippen LogP contribution in [0.4, 0.5) is 13.2 Å². The van der Waals surface area contributed by atoms with Gasteiger partial charge in [-0.05, 0) is 48.0 Å².